The summed E-state index contributed by atoms with van der Waals surface area (Å²) in [6.07, 6.45) is -0.0595. The first-order valence-corrected chi connectivity index (χ1v) is 4.06. The summed E-state index contributed by atoms with van der Waals surface area (Å²) in [5.41, 5.74) is 0. The molecule has 0 aliphatic carbocycles. The minimum Gasteiger partial charge on any atom is -0.469 e. The van der Waals surface area contributed by atoms with Gasteiger partial charge in [-0.05, 0) is 13.8 Å². The molecular weight excluding hydrogens is 158 g/mol. The maximum Gasteiger partial charge on any atom is 0.306 e. The first-order chi connectivity index (χ1) is 5.57. The lowest BCUT2D eigenvalue weighted by Gasteiger charge is -2.15. The maximum atomic E-state index is 10.6. The number of hydrogen-bond donors (Lipinski definition) is 2. The van der Waals surface area contributed by atoms with E-state index in [0.717, 1.165) is 0 Å². The summed E-state index contributed by atoms with van der Waals surface area (Å²) < 4.78 is 4.45. The molecule has 4 heteroatoms. The molecule has 0 aromatic heterocycles. The molecule has 0 rings (SSSR count). The highest BCUT2D eigenvalue weighted by molar-refractivity contribution is 5.69. The van der Waals surface area contributed by atoms with Crippen LogP contribution in [0.15, 0.2) is 0 Å². The fraction of sp³-hybridized carbons (Fsp3) is 0.875. The van der Waals surface area contributed by atoms with Crippen LogP contribution >= 0.6 is 0 Å². The first-order valence-electron chi connectivity index (χ1n) is 4.06. The third-order valence-corrected chi connectivity index (χ3v) is 1.75. The Morgan fingerprint density at radius 3 is 2.58 bits per heavy atom. The SMILES string of the molecule is COC(=O)CCNC(C)C(C)O. The molecule has 0 aliphatic rings. The van der Waals surface area contributed by atoms with Gasteiger partial charge in [-0.3, -0.25) is 4.79 Å². The summed E-state index contributed by atoms with van der Waals surface area (Å²) in [6.45, 7) is 4.11. The van der Waals surface area contributed by atoms with E-state index < -0.39 is 6.10 Å². The molecule has 0 bridgehead atoms. The number of ether oxygens (including phenoxy) is 1. The van der Waals surface area contributed by atoms with Crippen LogP contribution in [0.5, 0.6) is 0 Å². The highest BCUT2D eigenvalue weighted by Crippen LogP contribution is 1.90. The molecular formula is C8H17NO3. The summed E-state index contributed by atoms with van der Waals surface area (Å²) in [5.74, 6) is -0.236. The molecule has 0 aromatic rings. The minimum absolute atomic E-state index is 0.00894. The number of carbonyl (C=O) groups excluding carboxylic acids is 1. The highest BCUT2D eigenvalue weighted by atomic mass is 16.5. The van der Waals surface area contributed by atoms with Crippen molar-refractivity contribution in [2.45, 2.75) is 32.4 Å². The van der Waals surface area contributed by atoms with Crippen molar-refractivity contribution in [2.75, 3.05) is 13.7 Å². The second kappa shape index (κ2) is 5.97. The van der Waals surface area contributed by atoms with Gasteiger partial charge >= 0.3 is 5.97 Å². The van der Waals surface area contributed by atoms with Crippen LogP contribution in [0, 0.1) is 0 Å². The smallest absolute Gasteiger partial charge is 0.306 e. The molecule has 0 amide bonds. The van der Waals surface area contributed by atoms with Crippen molar-refractivity contribution in [2.24, 2.45) is 0 Å². The van der Waals surface area contributed by atoms with E-state index in [1.54, 1.807) is 6.92 Å². The molecule has 0 aromatic carbocycles. The van der Waals surface area contributed by atoms with Crippen LogP contribution in [0.3, 0.4) is 0 Å². The normalized spacial score (nSPS) is 15.3. The topological polar surface area (TPSA) is 58.6 Å². The van der Waals surface area contributed by atoms with Crippen molar-refractivity contribution in [3.05, 3.63) is 0 Å². The Morgan fingerprint density at radius 2 is 2.17 bits per heavy atom. The molecule has 0 spiro atoms. The average Bonchev–Trinajstić information content (AvgIpc) is 2.03. The van der Waals surface area contributed by atoms with Gasteiger partial charge < -0.3 is 15.2 Å². The summed E-state index contributed by atoms with van der Waals surface area (Å²) in [5, 5.41) is 12.1. The largest absolute Gasteiger partial charge is 0.469 e. The fourth-order valence-corrected chi connectivity index (χ4v) is 0.675. The van der Waals surface area contributed by atoms with Crippen LogP contribution in [0.25, 0.3) is 0 Å². The van der Waals surface area contributed by atoms with Gasteiger partial charge in [0.2, 0.25) is 0 Å². The van der Waals surface area contributed by atoms with Crippen LogP contribution < -0.4 is 5.32 Å². The van der Waals surface area contributed by atoms with Gasteiger partial charge in [-0.2, -0.15) is 0 Å². The van der Waals surface area contributed by atoms with E-state index in [2.05, 4.69) is 10.1 Å². The van der Waals surface area contributed by atoms with E-state index in [-0.39, 0.29) is 12.0 Å². The van der Waals surface area contributed by atoms with Gasteiger partial charge in [-0.15, -0.1) is 0 Å². The van der Waals surface area contributed by atoms with E-state index in [9.17, 15) is 4.79 Å². The lowest BCUT2D eigenvalue weighted by atomic mass is 10.2. The Labute approximate surface area is 72.9 Å². The van der Waals surface area contributed by atoms with E-state index in [0.29, 0.717) is 13.0 Å². The number of aliphatic hydroxyl groups is 1. The van der Waals surface area contributed by atoms with Gasteiger partial charge in [0, 0.05) is 12.6 Å². The Kier molecular flexibility index (Phi) is 5.66. The minimum atomic E-state index is -0.400. The summed E-state index contributed by atoms with van der Waals surface area (Å²) in [4.78, 5) is 10.6. The van der Waals surface area contributed by atoms with E-state index >= 15 is 0 Å². The van der Waals surface area contributed by atoms with Crippen molar-refractivity contribution in [1.29, 1.82) is 0 Å². The van der Waals surface area contributed by atoms with Gasteiger partial charge in [0.15, 0.2) is 0 Å². The predicted octanol–water partition coefficient (Wildman–Crippen LogP) is -0.0916. The third-order valence-electron chi connectivity index (χ3n) is 1.75. The van der Waals surface area contributed by atoms with Gasteiger partial charge in [0.1, 0.15) is 0 Å². The van der Waals surface area contributed by atoms with Crippen LogP contribution in [0.2, 0.25) is 0 Å². The number of hydrogen-bond acceptors (Lipinski definition) is 4. The highest BCUT2D eigenvalue weighted by Gasteiger charge is 2.07. The van der Waals surface area contributed by atoms with Crippen LogP contribution in [0.1, 0.15) is 20.3 Å². The Balaban J connectivity index is 3.37. The summed E-state index contributed by atoms with van der Waals surface area (Å²) in [6, 6.07) is 0.00894. The van der Waals surface area contributed by atoms with Gasteiger partial charge in [0.25, 0.3) is 0 Å². The monoisotopic (exact) mass is 175 g/mol. The molecule has 0 saturated carbocycles. The second-order valence-electron chi connectivity index (χ2n) is 2.81. The van der Waals surface area contributed by atoms with Crippen LogP contribution in [-0.2, 0) is 9.53 Å². The molecule has 0 fully saturated rings. The number of nitrogens with one attached hydrogen (secondary N) is 1. The Hall–Kier alpha value is -0.610. The standard InChI is InChI=1S/C8H17NO3/c1-6(7(2)10)9-5-4-8(11)12-3/h6-7,9-10H,4-5H2,1-3H3. The third kappa shape index (κ3) is 5.09. The number of rotatable bonds is 5. The number of carbonyl (C=O) groups is 1. The van der Waals surface area contributed by atoms with Gasteiger partial charge in [0.05, 0.1) is 19.6 Å². The summed E-state index contributed by atoms with van der Waals surface area (Å²) in [7, 11) is 1.36. The maximum absolute atomic E-state index is 10.6. The second-order valence-corrected chi connectivity index (χ2v) is 2.81. The average molecular weight is 175 g/mol. The Morgan fingerprint density at radius 1 is 1.58 bits per heavy atom. The lowest BCUT2D eigenvalue weighted by Crippen LogP contribution is -2.36. The van der Waals surface area contributed by atoms with Crippen LogP contribution in [0.4, 0.5) is 0 Å². The molecule has 72 valence electrons. The molecule has 0 heterocycles. The van der Waals surface area contributed by atoms with Crippen molar-refractivity contribution in [1.82, 2.24) is 5.32 Å². The molecule has 0 radical (unpaired) electrons. The molecule has 2 N–H and O–H groups in total. The molecule has 2 unspecified atom stereocenters. The van der Waals surface area contributed by atoms with E-state index in [1.807, 2.05) is 6.92 Å². The number of aliphatic hydroxyl groups excluding tert-OH is 1. The zero-order valence-corrected chi connectivity index (χ0v) is 7.83. The van der Waals surface area contributed by atoms with Crippen molar-refractivity contribution >= 4 is 5.97 Å². The Bertz CT molecular complexity index is 136. The molecule has 0 saturated heterocycles. The van der Waals surface area contributed by atoms with Crippen LogP contribution in [-0.4, -0.2) is 36.9 Å². The number of methoxy groups -OCH3 is 1. The van der Waals surface area contributed by atoms with Crippen molar-refractivity contribution < 1.29 is 14.6 Å². The predicted molar refractivity (Wildman–Crippen MR) is 45.8 cm³/mol. The molecule has 2 atom stereocenters. The lowest BCUT2D eigenvalue weighted by molar-refractivity contribution is -0.140. The number of esters is 1. The van der Waals surface area contributed by atoms with Crippen molar-refractivity contribution in [3.8, 4) is 0 Å². The molecule has 4 nitrogen and oxygen atoms in total. The molecule has 0 aliphatic heterocycles. The summed E-state index contributed by atoms with van der Waals surface area (Å²) >= 11 is 0. The fourth-order valence-electron chi connectivity index (χ4n) is 0.675. The van der Waals surface area contributed by atoms with E-state index in [1.165, 1.54) is 7.11 Å². The van der Waals surface area contributed by atoms with Gasteiger partial charge in [-0.1, -0.05) is 0 Å². The van der Waals surface area contributed by atoms with Crippen molar-refractivity contribution in [3.63, 3.8) is 0 Å². The zero-order valence-electron chi connectivity index (χ0n) is 7.83. The molecule has 12 heavy (non-hydrogen) atoms. The quantitative estimate of drug-likeness (QED) is 0.573. The zero-order chi connectivity index (χ0) is 9.56. The van der Waals surface area contributed by atoms with E-state index in [4.69, 9.17) is 5.11 Å². The van der Waals surface area contributed by atoms with Gasteiger partial charge in [-0.25, -0.2) is 0 Å². The first kappa shape index (κ1) is 11.4.